The molecule has 0 fully saturated rings. The van der Waals surface area contributed by atoms with Gasteiger partial charge in [-0.05, 0) is 44.2 Å². The van der Waals surface area contributed by atoms with Crippen molar-refractivity contribution in [2.75, 3.05) is 18.5 Å². The molecular formula is C22H21N3O4S. The Balaban J connectivity index is 1.49. The van der Waals surface area contributed by atoms with E-state index in [1.807, 2.05) is 56.3 Å². The molecule has 154 valence electrons. The first-order valence-electron chi connectivity index (χ1n) is 9.67. The number of para-hydroxylation sites is 1. The van der Waals surface area contributed by atoms with Gasteiger partial charge in [-0.1, -0.05) is 23.5 Å². The van der Waals surface area contributed by atoms with Crippen LogP contribution in [0.4, 0.5) is 5.13 Å². The summed E-state index contributed by atoms with van der Waals surface area (Å²) in [6.07, 6.45) is 0. The van der Waals surface area contributed by atoms with Crippen molar-refractivity contribution in [3.8, 4) is 11.5 Å². The average molecular weight is 423 g/mol. The number of carbonyl (C=O) groups is 1. The highest BCUT2D eigenvalue weighted by Crippen LogP contribution is 2.29. The van der Waals surface area contributed by atoms with E-state index < -0.39 is 0 Å². The molecule has 0 atom stereocenters. The number of fused-ring (bicyclic) bond motifs is 2. The quantitative estimate of drug-likeness (QED) is 0.485. The lowest BCUT2D eigenvalue weighted by Gasteiger charge is -2.12. The molecule has 0 saturated carbocycles. The molecule has 4 aromatic rings. The lowest BCUT2D eigenvalue weighted by molar-refractivity contribution is -0.118. The van der Waals surface area contributed by atoms with Crippen molar-refractivity contribution in [2.24, 2.45) is 0 Å². The maximum atomic E-state index is 12.4. The van der Waals surface area contributed by atoms with E-state index in [1.54, 1.807) is 4.57 Å². The van der Waals surface area contributed by atoms with Gasteiger partial charge in [-0.3, -0.25) is 14.9 Å². The Morgan fingerprint density at radius 1 is 1.13 bits per heavy atom. The van der Waals surface area contributed by atoms with Gasteiger partial charge in [0, 0.05) is 18.0 Å². The zero-order valence-electron chi connectivity index (χ0n) is 16.7. The molecule has 7 nitrogen and oxygen atoms in total. The summed E-state index contributed by atoms with van der Waals surface area (Å²) in [5.74, 6) is 0.812. The number of amides is 1. The maximum absolute atomic E-state index is 12.4. The number of hydrogen-bond acceptors (Lipinski definition) is 6. The Kier molecular flexibility index (Phi) is 5.67. The maximum Gasteiger partial charge on any atom is 0.264 e. The van der Waals surface area contributed by atoms with Crippen molar-refractivity contribution in [2.45, 2.75) is 20.4 Å². The normalized spacial score (nSPS) is 11.0. The number of thiazole rings is 1. The molecule has 0 aliphatic heterocycles. The van der Waals surface area contributed by atoms with Gasteiger partial charge >= 0.3 is 0 Å². The Bertz CT molecular complexity index is 1280. The highest BCUT2D eigenvalue weighted by Gasteiger charge is 2.12. The first-order valence-corrected chi connectivity index (χ1v) is 10.5. The third-order valence-corrected chi connectivity index (χ3v) is 5.51. The summed E-state index contributed by atoms with van der Waals surface area (Å²) in [5.41, 5.74) is 1.40. The molecule has 0 aliphatic rings. The summed E-state index contributed by atoms with van der Waals surface area (Å²) >= 11 is 1.37. The molecule has 2 heterocycles. The van der Waals surface area contributed by atoms with Gasteiger partial charge < -0.3 is 14.0 Å². The molecule has 4 rings (SSSR count). The number of pyridine rings is 1. The summed E-state index contributed by atoms with van der Waals surface area (Å²) in [4.78, 5) is 29.2. The number of anilines is 1. The molecule has 1 N–H and O–H groups in total. The number of aromatic nitrogens is 2. The van der Waals surface area contributed by atoms with Crippen LogP contribution in [0.3, 0.4) is 0 Å². The van der Waals surface area contributed by atoms with Crippen LogP contribution in [0.15, 0.2) is 53.3 Å². The predicted octanol–water partition coefficient (Wildman–Crippen LogP) is 4.05. The van der Waals surface area contributed by atoms with Crippen LogP contribution in [0.5, 0.6) is 11.5 Å². The number of aryl methyl sites for hydroxylation is 1. The molecule has 0 saturated heterocycles. The van der Waals surface area contributed by atoms with Gasteiger partial charge in [0.1, 0.15) is 11.5 Å². The van der Waals surface area contributed by atoms with Crippen molar-refractivity contribution < 1.29 is 14.3 Å². The topological polar surface area (TPSA) is 82.5 Å². The molecule has 2 aromatic heterocycles. The molecule has 0 spiro atoms. The van der Waals surface area contributed by atoms with E-state index >= 15 is 0 Å². The van der Waals surface area contributed by atoms with Gasteiger partial charge in [0.2, 0.25) is 0 Å². The summed E-state index contributed by atoms with van der Waals surface area (Å²) in [6, 6.07) is 14.5. The standard InChI is InChI=1S/C22H21N3O4S/c1-3-25-17-8-6-5-7-15(17)18(12-21(25)27)29-13-20(26)24-22-23-16-10-9-14(28-4-2)11-19(16)30-22/h5-12H,3-4,13H2,1-2H3,(H,23,24,26). The largest absolute Gasteiger partial charge is 0.494 e. The minimum atomic E-state index is -0.345. The van der Waals surface area contributed by atoms with E-state index in [0.29, 0.717) is 24.0 Å². The Morgan fingerprint density at radius 3 is 2.77 bits per heavy atom. The van der Waals surface area contributed by atoms with Gasteiger partial charge in [-0.25, -0.2) is 4.98 Å². The number of nitrogens with one attached hydrogen (secondary N) is 1. The third kappa shape index (κ3) is 3.99. The van der Waals surface area contributed by atoms with E-state index in [1.165, 1.54) is 17.4 Å². The van der Waals surface area contributed by atoms with E-state index in [0.717, 1.165) is 26.9 Å². The molecule has 0 aliphatic carbocycles. The predicted molar refractivity (Wildman–Crippen MR) is 119 cm³/mol. The zero-order chi connectivity index (χ0) is 21.1. The number of hydrogen-bond donors (Lipinski definition) is 1. The highest BCUT2D eigenvalue weighted by molar-refractivity contribution is 7.22. The van der Waals surface area contributed by atoms with E-state index in [2.05, 4.69) is 10.3 Å². The van der Waals surface area contributed by atoms with Crippen LogP contribution in [-0.4, -0.2) is 28.7 Å². The van der Waals surface area contributed by atoms with Crippen molar-refractivity contribution >= 4 is 43.5 Å². The number of rotatable bonds is 7. The fourth-order valence-electron chi connectivity index (χ4n) is 3.26. The molecule has 8 heteroatoms. The Hall–Kier alpha value is -3.39. The van der Waals surface area contributed by atoms with E-state index in [9.17, 15) is 9.59 Å². The van der Waals surface area contributed by atoms with Crippen molar-refractivity contribution in [1.29, 1.82) is 0 Å². The van der Waals surface area contributed by atoms with Gasteiger partial charge in [-0.15, -0.1) is 0 Å². The first kappa shape index (κ1) is 19.9. The lowest BCUT2D eigenvalue weighted by atomic mass is 10.2. The van der Waals surface area contributed by atoms with Gasteiger partial charge in [0.05, 0.1) is 22.3 Å². The summed E-state index contributed by atoms with van der Waals surface area (Å²) in [6.45, 7) is 4.76. The van der Waals surface area contributed by atoms with Crippen LogP contribution in [0.25, 0.3) is 21.1 Å². The minimum absolute atomic E-state index is 0.164. The molecule has 0 radical (unpaired) electrons. The summed E-state index contributed by atoms with van der Waals surface area (Å²) in [5, 5.41) is 4.03. The second-order valence-electron chi connectivity index (χ2n) is 6.53. The zero-order valence-corrected chi connectivity index (χ0v) is 17.5. The van der Waals surface area contributed by atoms with Crippen molar-refractivity contribution in [1.82, 2.24) is 9.55 Å². The van der Waals surface area contributed by atoms with Gasteiger partial charge in [-0.2, -0.15) is 0 Å². The second-order valence-corrected chi connectivity index (χ2v) is 7.56. The monoisotopic (exact) mass is 423 g/mol. The molecule has 0 bridgehead atoms. The molecular weight excluding hydrogens is 402 g/mol. The van der Waals surface area contributed by atoms with Gasteiger partial charge in [0.25, 0.3) is 11.5 Å². The number of carbonyl (C=O) groups excluding carboxylic acids is 1. The van der Waals surface area contributed by atoms with E-state index in [-0.39, 0.29) is 18.1 Å². The highest BCUT2D eigenvalue weighted by atomic mass is 32.1. The average Bonchev–Trinajstić information content (AvgIpc) is 3.13. The second kappa shape index (κ2) is 8.54. The summed E-state index contributed by atoms with van der Waals surface area (Å²) < 4.78 is 13.8. The van der Waals surface area contributed by atoms with Crippen LogP contribution >= 0.6 is 11.3 Å². The molecule has 2 aromatic carbocycles. The SMILES string of the molecule is CCOc1ccc2nc(NC(=O)COc3cc(=O)n(CC)c4ccccc34)sc2c1. The fourth-order valence-corrected chi connectivity index (χ4v) is 4.17. The third-order valence-electron chi connectivity index (χ3n) is 4.57. The smallest absolute Gasteiger partial charge is 0.264 e. The fraction of sp³-hybridized carbons (Fsp3) is 0.227. The van der Waals surface area contributed by atoms with Crippen LogP contribution in [0, 0.1) is 0 Å². The number of benzene rings is 2. The number of ether oxygens (including phenoxy) is 2. The lowest BCUT2D eigenvalue weighted by Crippen LogP contribution is -2.22. The van der Waals surface area contributed by atoms with Crippen LogP contribution in [0.2, 0.25) is 0 Å². The van der Waals surface area contributed by atoms with Crippen molar-refractivity contribution in [3.05, 3.63) is 58.9 Å². The van der Waals surface area contributed by atoms with Crippen LogP contribution < -0.4 is 20.3 Å². The van der Waals surface area contributed by atoms with Crippen LogP contribution in [-0.2, 0) is 11.3 Å². The van der Waals surface area contributed by atoms with Gasteiger partial charge in [0.15, 0.2) is 11.7 Å². The van der Waals surface area contributed by atoms with Crippen molar-refractivity contribution in [3.63, 3.8) is 0 Å². The van der Waals surface area contributed by atoms with E-state index in [4.69, 9.17) is 9.47 Å². The molecule has 0 unspecified atom stereocenters. The Labute approximate surface area is 176 Å². The van der Waals surface area contributed by atoms with Crippen LogP contribution in [0.1, 0.15) is 13.8 Å². The molecule has 30 heavy (non-hydrogen) atoms. The summed E-state index contributed by atoms with van der Waals surface area (Å²) in [7, 11) is 0. The Morgan fingerprint density at radius 2 is 1.97 bits per heavy atom. The number of nitrogens with zero attached hydrogens (tertiary/aromatic N) is 2. The minimum Gasteiger partial charge on any atom is -0.494 e. The first-order chi connectivity index (χ1) is 14.6. The molecule has 1 amide bonds.